The number of amides is 1. The Morgan fingerprint density at radius 1 is 1.30 bits per heavy atom. The van der Waals surface area contributed by atoms with E-state index in [1.807, 2.05) is 0 Å². The van der Waals surface area contributed by atoms with E-state index >= 15 is 0 Å². The molecule has 0 saturated carbocycles. The summed E-state index contributed by atoms with van der Waals surface area (Å²) in [5, 5.41) is 41.4. The quantitative estimate of drug-likeness (QED) is 0.324. The van der Waals surface area contributed by atoms with E-state index in [9.17, 15) is 20.1 Å². The van der Waals surface area contributed by atoms with Crippen LogP contribution in [-0.4, -0.2) is 76.8 Å². The first-order valence-electron chi connectivity index (χ1n) is 9.48. The molecule has 1 aliphatic carbocycles. The molecule has 27 heavy (non-hydrogen) atoms. The van der Waals surface area contributed by atoms with Crippen LogP contribution in [0.15, 0.2) is 23.8 Å². The van der Waals surface area contributed by atoms with Gasteiger partial charge in [-0.2, -0.15) is 0 Å². The Morgan fingerprint density at radius 3 is 2.74 bits per heavy atom. The van der Waals surface area contributed by atoms with Crippen LogP contribution in [-0.2, 0) is 14.3 Å². The lowest BCUT2D eigenvalue weighted by Crippen LogP contribution is -2.59. The average Bonchev–Trinajstić information content (AvgIpc) is 3.18. The maximum atomic E-state index is 12.1. The Bertz CT molecular complexity index is 534. The minimum Gasteiger partial charge on any atom is -0.394 e. The van der Waals surface area contributed by atoms with Crippen molar-refractivity contribution in [2.45, 2.75) is 63.3 Å². The lowest BCUT2D eigenvalue weighted by atomic mass is 9.99. The summed E-state index contributed by atoms with van der Waals surface area (Å²) in [6.07, 6.45) is 3.68. The number of carbonyl (C=O) groups is 1. The molecule has 0 aromatic rings. The lowest BCUT2D eigenvalue weighted by molar-refractivity contribution is -0.302. The van der Waals surface area contributed by atoms with Gasteiger partial charge in [0.15, 0.2) is 6.29 Å². The normalized spacial score (nSPS) is 31.6. The number of nitrogens with one attached hydrogen (secondary N) is 1. The Balaban J connectivity index is 1.63. The lowest BCUT2D eigenvalue weighted by Gasteiger charge is -2.39. The fraction of sp³-hybridized carbons (Fsp3) is 0.737. The third-order valence-electron chi connectivity index (χ3n) is 4.88. The first kappa shape index (κ1) is 22.0. The van der Waals surface area contributed by atoms with Gasteiger partial charge in [0.25, 0.3) is 0 Å². The molecule has 0 bridgehead atoms. The molecule has 1 aliphatic heterocycles. The highest BCUT2D eigenvalue weighted by Gasteiger charge is 2.44. The molecule has 0 spiro atoms. The Morgan fingerprint density at radius 2 is 2.07 bits per heavy atom. The van der Waals surface area contributed by atoms with Crippen LogP contribution >= 0.6 is 0 Å². The highest BCUT2D eigenvalue weighted by molar-refractivity contribution is 5.78. The molecule has 1 amide bonds. The summed E-state index contributed by atoms with van der Waals surface area (Å²) in [5.74, 6) is -0.638. The number of allylic oxidation sites excluding steroid dienone is 4. The van der Waals surface area contributed by atoms with E-state index in [0.717, 1.165) is 25.7 Å². The first-order valence-corrected chi connectivity index (χ1v) is 9.48. The van der Waals surface area contributed by atoms with E-state index < -0.39 is 43.2 Å². The molecule has 1 fully saturated rings. The van der Waals surface area contributed by atoms with Crippen LogP contribution in [0.25, 0.3) is 0 Å². The number of ether oxygens (including phenoxy) is 2. The molecular formula is C19H31NO7. The van der Waals surface area contributed by atoms with Gasteiger partial charge in [-0.3, -0.25) is 4.79 Å². The Labute approximate surface area is 159 Å². The monoisotopic (exact) mass is 385 g/mol. The van der Waals surface area contributed by atoms with Crippen LogP contribution in [0.5, 0.6) is 0 Å². The maximum absolute atomic E-state index is 12.1. The van der Waals surface area contributed by atoms with Crippen molar-refractivity contribution >= 4 is 5.91 Å². The summed E-state index contributed by atoms with van der Waals surface area (Å²) in [4.78, 5) is 12.1. The second-order valence-electron chi connectivity index (χ2n) is 7.14. The molecule has 154 valence electrons. The summed E-state index contributed by atoms with van der Waals surface area (Å²) < 4.78 is 10.6. The van der Waals surface area contributed by atoms with Crippen molar-refractivity contribution in [3.05, 3.63) is 23.8 Å². The van der Waals surface area contributed by atoms with Gasteiger partial charge in [0.05, 0.1) is 19.1 Å². The van der Waals surface area contributed by atoms with Gasteiger partial charge in [0.2, 0.25) is 5.91 Å². The van der Waals surface area contributed by atoms with E-state index in [2.05, 4.69) is 23.5 Å². The molecule has 8 heteroatoms. The Hall–Kier alpha value is -1.29. The van der Waals surface area contributed by atoms with Crippen molar-refractivity contribution in [3.63, 3.8) is 0 Å². The summed E-state index contributed by atoms with van der Waals surface area (Å²) in [6, 6.07) is 0. The molecule has 0 unspecified atom stereocenters. The molecule has 1 saturated heterocycles. The SMILES string of the molecule is C[C@H](CO[C@H]1O[C@H](CO)[C@@H](O)[C@H](O)[C@@H]1O)C(=O)NCCCCC1=CC=CC1. The van der Waals surface area contributed by atoms with E-state index in [1.165, 1.54) is 5.57 Å². The zero-order valence-corrected chi connectivity index (χ0v) is 15.7. The van der Waals surface area contributed by atoms with Crippen LogP contribution in [0.4, 0.5) is 0 Å². The van der Waals surface area contributed by atoms with Gasteiger partial charge in [0.1, 0.15) is 24.4 Å². The Kier molecular flexibility index (Phi) is 8.88. The van der Waals surface area contributed by atoms with Crippen LogP contribution in [0.2, 0.25) is 0 Å². The third kappa shape index (κ3) is 6.38. The average molecular weight is 385 g/mol. The van der Waals surface area contributed by atoms with Crippen molar-refractivity contribution in [2.75, 3.05) is 19.8 Å². The van der Waals surface area contributed by atoms with Crippen molar-refractivity contribution in [3.8, 4) is 0 Å². The first-order chi connectivity index (χ1) is 12.9. The van der Waals surface area contributed by atoms with E-state index in [1.54, 1.807) is 6.92 Å². The molecular weight excluding hydrogens is 354 g/mol. The summed E-state index contributed by atoms with van der Waals surface area (Å²) in [5.41, 5.74) is 1.42. The van der Waals surface area contributed by atoms with Crippen molar-refractivity contribution < 1.29 is 34.7 Å². The predicted molar refractivity (Wildman–Crippen MR) is 97.6 cm³/mol. The number of hydrogen-bond acceptors (Lipinski definition) is 7. The fourth-order valence-electron chi connectivity index (χ4n) is 3.06. The molecule has 1 heterocycles. The van der Waals surface area contributed by atoms with Gasteiger partial charge in [0, 0.05) is 6.54 Å². The summed E-state index contributed by atoms with van der Waals surface area (Å²) in [6.45, 7) is 1.74. The van der Waals surface area contributed by atoms with Gasteiger partial charge in [-0.25, -0.2) is 0 Å². The van der Waals surface area contributed by atoms with Gasteiger partial charge < -0.3 is 35.2 Å². The molecule has 5 N–H and O–H groups in total. The third-order valence-corrected chi connectivity index (χ3v) is 4.88. The standard InChI is InChI=1S/C19H31NO7/c1-12(18(25)20-9-5-4-8-13-6-2-3-7-13)11-26-19-17(24)16(23)15(22)14(10-21)27-19/h2-3,6,12,14-17,19,21-24H,4-5,7-11H2,1H3,(H,20,25)/t12-,14-,15-,16+,17+,19+/m1/s1. The molecule has 0 radical (unpaired) electrons. The van der Waals surface area contributed by atoms with Crippen molar-refractivity contribution in [2.24, 2.45) is 5.92 Å². The van der Waals surface area contributed by atoms with Crippen molar-refractivity contribution in [1.29, 1.82) is 0 Å². The zero-order chi connectivity index (χ0) is 19.8. The molecule has 8 nitrogen and oxygen atoms in total. The molecule has 2 rings (SSSR count). The van der Waals surface area contributed by atoms with E-state index in [4.69, 9.17) is 14.6 Å². The van der Waals surface area contributed by atoms with Gasteiger partial charge in [-0.15, -0.1) is 0 Å². The molecule has 6 atom stereocenters. The largest absolute Gasteiger partial charge is 0.394 e. The van der Waals surface area contributed by atoms with Gasteiger partial charge in [-0.1, -0.05) is 30.7 Å². The summed E-state index contributed by atoms with van der Waals surface area (Å²) in [7, 11) is 0. The van der Waals surface area contributed by atoms with Crippen LogP contribution < -0.4 is 5.32 Å². The van der Waals surface area contributed by atoms with Gasteiger partial charge in [-0.05, 0) is 25.7 Å². The number of carbonyl (C=O) groups excluding carboxylic acids is 1. The fourth-order valence-corrected chi connectivity index (χ4v) is 3.06. The number of hydrogen-bond donors (Lipinski definition) is 5. The predicted octanol–water partition coefficient (Wildman–Crippen LogP) is -0.388. The van der Waals surface area contributed by atoms with Crippen LogP contribution in [0, 0.1) is 5.92 Å². The molecule has 0 aromatic carbocycles. The zero-order valence-electron chi connectivity index (χ0n) is 15.7. The van der Waals surface area contributed by atoms with E-state index in [0.29, 0.717) is 6.54 Å². The minimum absolute atomic E-state index is 0.0208. The molecule has 0 aromatic heterocycles. The highest BCUT2D eigenvalue weighted by atomic mass is 16.7. The number of aliphatic hydroxyl groups excluding tert-OH is 4. The van der Waals surface area contributed by atoms with Crippen LogP contribution in [0.1, 0.15) is 32.6 Å². The number of aliphatic hydroxyl groups is 4. The summed E-state index contributed by atoms with van der Waals surface area (Å²) >= 11 is 0. The topological polar surface area (TPSA) is 128 Å². The number of unbranched alkanes of at least 4 members (excludes halogenated alkanes) is 1. The van der Waals surface area contributed by atoms with Crippen molar-refractivity contribution in [1.82, 2.24) is 5.32 Å². The van der Waals surface area contributed by atoms with E-state index in [-0.39, 0.29) is 12.5 Å². The second-order valence-corrected chi connectivity index (χ2v) is 7.14. The van der Waals surface area contributed by atoms with Crippen LogP contribution in [0.3, 0.4) is 0 Å². The minimum atomic E-state index is -1.49. The van der Waals surface area contributed by atoms with Gasteiger partial charge >= 0.3 is 0 Å². The second kappa shape index (κ2) is 10.9. The molecule has 2 aliphatic rings. The number of rotatable bonds is 10. The maximum Gasteiger partial charge on any atom is 0.225 e. The smallest absolute Gasteiger partial charge is 0.225 e. The highest BCUT2D eigenvalue weighted by Crippen LogP contribution is 2.22.